The number of hydrogen-bond acceptors (Lipinski definition) is 4. The van der Waals surface area contributed by atoms with Crippen molar-refractivity contribution in [3.05, 3.63) is 0 Å². The van der Waals surface area contributed by atoms with Gasteiger partial charge in [0.1, 0.15) is 6.61 Å². The van der Waals surface area contributed by atoms with Crippen molar-refractivity contribution in [3.63, 3.8) is 0 Å². The van der Waals surface area contributed by atoms with Crippen molar-refractivity contribution in [2.75, 3.05) is 26.2 Å². The third-order valence-corrected chi connectivity index (χ3v) is 6.47. The summed E-state index contributed by atoms with van der Waals surface area (Å²) in [4.78, 5) is 15.3. The maximum absolute atomic E-state index is 13.0. The topological polar surface area (TPSA) is 49.8 Å². The van der Waals surface area contributed by atoms with Crippen molar-refractivity contribution in [3.8, 4) is 0 Å². The minimum atomic E-state index is -0.842. The van der Waals surface area contributed by atoms with E-state index in [1.165, 1.54) is 32.1 Å². The molecule has 0 unspecified atom stereocenters. The van der Waals surface area contributed by atoms with E-state index in [9.17, 15) is 9.90 Å². The molecule has 0 saturated heterocycles. The Labute approximate surface area is 154 Å². The largest absolute Gasteiger partial charge is 0.464 e. The molecule has 2 saturated carbocycles. The summed E-state index contributed by atoms with van der Waals surface area (Å²) in [7, 11) is 0. The Balaban J connectivity index is 2.03. The van der Waals surface area contributed by atoms with Crippen molar-refractivity contribution in [2.45, 2.75) is 90.1 Å². The minimum Gasteiger partial charge on any atom is -0.464 e. The molecule has 0 radical (unpaired) electrons. The molecule has 0 aromatic carbocycles. The molecule has 25 heavy (non-hydrogen) atoms. The zero-order chi connectivity index (χ0) is 18.1. The number of hydrogen-bond donors (Lipinski definition) is 1. The van der Waals surface area contributed by atoms with Crippen molar-refractivity contribution >= 4 is 5.97 Å². The highest BCUT2D eigenvalue weighted by Crippen LogP contribution is 2.42. The van der Waals surface area contributed by atoms with Gasteiger partial charge in [-0.15, -0.1) is 0 Å². The maximum Gasteiger partial charge on any atom is 0.312 e. The van der Waals surface area contributed by atoms with Crippen molar-refractivity contribution in [1.82, 2.24) is 4.90 Å². The lowest BCUT2D eigenvalue weighted by Gasteiger charge is -2.40. The Morgan fingerprint density at radius 3 is 2.16 bits per heavy atom. The van der Waals surface area contributed by atoms with E-state index in [2.05, 4.69) is 18.7 Å². The molecule has 1 N–H and O–H groups in total. The second kappa shape index (κ2) is 10.5. The Hall–Kier alpha value is -0.610. The molecule has 0 aromatic heterocycles. The van der Waals surface area contributed by atoms with Crippen LogP contribution in [0, 0.1) is 11.8 Å². The van der Waals surface area contributed by atoms with Crippen molar-refractivity contribution in [1.29, 1.82) is 0 Å². The lowest BCUT2D eigenvalue weighted by atomic mass is 9.69. The van der Waals surface area contributed by atoms with Gasteiger partial charge in [0.05, 0.1) is 11.5 Å². The number of nitrogens with zero attached hydrogens (tertiary/aromatic N) is 1. The van der Waals surface area contributed by atoms with Gasteiger partial charge in [-0.05, 0) is 44.7 Å². The Bertz CT molecular complexity index is 381. The summed E-state index contributed by atoms with van der Waals surface area (Å²) in [6.07, 6.45) is 11.7. The first-order chi connectivity index (χ1) is 12.1. The molecule has 0 spiro atoms. The van der Waals surface area contributed by atoms with Gasteiger partial charge in [-0.25, -0.2) is 0 Å². The third-order valence-electron chi connectivity index (χ3n) is 6.47. The molecule has 2 fully saturated rings. The van der Waals surface area contributed by atoms with E-state index in [1.54, 1.807) is 0 Å². The first-order valence-electron chi connectivity index (χ1n) is 10.7. The number of likely N-dealkylation sites (N-methyl/N-ethyl adjacent to an activating group) is 1. The van der Waals surface area contributed by atoms with Crippen LogP contribution in [-0.2, 0) is 9.53 Å². The predicted molar refractivity (Wildman–Crippen MR) is 101 cm³/mol. The average molecular weight is 354 g/mol. The molecule has 1 atom stereocenters. The van der Waals surface area contributed by atoms with E-state index in [4.69, 9.17) is 4.74 Å². The molecule has 0 amide bonds. The molecule has 0 aliphatic heterocycles. The number of carbonyl (C=O) groups is 1. The minimum absolute atomic E-state index is 0.136. The van der Waals surface area contributed by atoms with Crippen LogP contribution in [0.2, 0.25) is 0 Å². The highest BCUT2D eigenvalue weighted by Gasteiger charge is 2.46. The highest BCUT2D eigenvalue weighted by molar-refractivity contribution is 5.74. The summed E-state index contributed by atoms with van der Waals surface area (Å²) >= 11 is 0. The fourth-order valence-electron chi connectivity index (χ4n) is 4.87. The lowest BCUT2D eigenvalue weighted by molar-refractivity contribution is -0.166. The molecule has 0 bridgehead atoms. The van der Waals surface area contributed by atoms with Crippen molar-refractivity contribution < 1.29 is 14.6 Å². The molecule has 2 rings (SSSR count). The van der Waals surface area contributed by atoms with Gasteiger partial charge in [-0.1, -0.05) is 58.8 Å². The van der Waals surface area contributed by atoms with E-state index >= 15 is 0 Å². The molecular weight excluding hydrogens is 314 g/mol. The zero-order valence-electron chi connectivity index (χ0n) is 16.5. The Morgan fingerprint density at radius 1 is 1.04 bits per heavy atom. The first kappa shape index (κ1) is 20.7. The second-order valence-corrected chi connectivity index (χ2v) is 8.09. The van der Waals surface area contributed by atoms with Crippen LogP contribution in [0.1, 0.15) is 84.5 Å². The van der Waals surface area contributed by atoms with Crippen LogP contribution in [-0.4, -0.2) is 47.8 Å². The summed E-state index contributed by atoms with van der Waals surface area (Å²) in [5, 5.41) is 11.4. The third kappa shape index (κ3) is 5.96. The first-order valence-corrected chi connectivity index (χ1v) is 10.7. The molecule has 2 aliphatic carbocycles. The predicted octanol–water partition coefficient (Wildman–Crippen LogP) is 4.15. The fraction of sp³-hybridized carbons (Fsp3) is 0.952. The maximum atomic E-state index is 13.0. The van der Waals surface area contributed by atoms with Crippen LogP contribution in [0.5, 0.6) is 0 Å². The molecule has 146 valence electrons. The van der Waals surface area contributed by atoms with Crippen LogP contribution >= 0.6 is 0 Å². The smallest absolute Gasteiger partial charge is 0.312 e. The van der Waals surface area contributed by atoms with Crippen LogP contribution in [0.25, 0.3) is 0 Å². The second-order valence-electron chi connectivity index (χ2n) is 8.09. The molecular formula is C21H39NO3. The Morgan fingerprint density at radius 2 is 1.60 bits per heavy atom. The van der Waals surface area contributed by atoms with Crippen LogP contribution in [0.3, 0.4) is 0 Å². The van der Waals surface area contributed by atoms with Gasteiger partial charge in [-0.3, -0.25) is 4.79 Å². The van der Waals surface area contributed by atoms with E-state index in [-0.39, 0.29) is 11.9 Å². The number of aliphatic hydroxyl groups is 1. The molecule has 0 aromatic rings. The normalized spacial score (nSPS) is 23.2. The molecule has 4 nitrogen and oxygen atoms in total. The van der Waals surface area contributed by atoms with Crippen LogP contribution < -0.4 is 0 Å². The number of carbonyl (C=O) groups excluding carboxylic acids is 1. The van der Waals surface area contributed by atoms with E-state index in [1.807, 2.05) is 0 Å². The van der Waals surface area contributed by atoms with Gasteiger partial charge in [0, 0.05) is 6.54 Å². The number of ether oxygens (including phenoxy) is 1. The monoisotopic (exact) mass is 353 g/mol. The van der Waals surface area contributed by atoms with Gasteiger partial charge in [-0.2, -0.15) is 0 Å². The molecule has 0 heterocycles. The lowest BCUT2D eigenvalue weighted by Crippen LogP contribution is -2.47. The molecule has 4 heteroatoms. The van der Waals surface area contributed by atoms with Gasteiger partial charge in [0.15, 0.2) is 0 Å². The zero-order valence-corrected chi connectivity index (χ0v) is 16.5. The standard InChI is InChI=1S/C21H39NO3/c1-3-22(4-2)16-17-25-20(23)19(18-12-8-7-9-13-18)21(24)14-10-5-6-11-15-21/h18-19,24H,3-17H2,1-2H3/t19-/m1/s1. The summed E-state index contributed by atoms with van der Waals surface area (Å²) < 4.78 is 5.71. The number of rotatable bonds is 8. The van der Waals surface area contributed by atoms with Gasteiger partial charge in [0.25, 0.3) is 0 Å². The van der Waals surface area contributed by atoms with E-state index in [0.717, 1.165) is 58.2 Å². The highest BCUT2D eigenvalue weighted by atomic mass is 16.5. The summed E-state index contributed by atoms with van der Waals surface area (Å²) in [5.74, 6) is -0.149. The number of esters is 1. The van der Waals surface area contributed by atoms with Gasteiger partial charge in [0.2, 0.25) is 0 Å². The summed E-state index contributed by atoms with van der Waals surface area (Å²) in [5.41, 5.74) is -0.842. The average Bonchev–Trinajstić information content (AvgIpc) is 2.85. The van der Waals surface area contributed by atoms with Gasteiger partial charge >= 0.3 is 5.97 Å². The van der Waals surface area contributed by atoms with E-state index in [0.29, 0.717) is 12.5 Å². The Kier molecular flexibility index (Phi) is 8.71. The van der Waals surface area contributed by atoms with E-state index < -0.39 is 5.60 Å². The van der Waals surface area contributed by atoms with Crippen LogP contribution in [0.4, 0.5) is 0 Å². The SMILES string of the molecule is CCN(CC)CCOC(=O)[C@@H](C1CCCCC1)C1(O)CCCCCC1. The van der Waals surface area contributed by atoms with Crippen molar-refractivity contribution in [2.24, 2.45) is 11.8 Å². The summed E-state index contributed by atoms with van der Waals surface area (Å²) in [6.45, 7) is 7.44. The quantitative estimate of drug-likeness (QED) is 0.526. The molecule has 2 aliphatic rings. The van der Waals surface area contributed by atoms with Gasteiger partial charge < -0.3 is 14.7 Å². The summed E-state index contributed by atoms with van der Waals surface area (Å²) in [6, 6.07) is 0. The fourth-order valence-corrected chi connectivity index (χ4v) is 4.87. The van der Waals surface area contributed by atoms with Crippen LogP contribution in [0.15, 0.2) is 0 Å².